The van der Waals surface area contributed by atoms with Crippen molar-refractivity contribution in [2.24, 2.45) is 5.10 Å². The van der Waals surface area contributed by atoms with Crippen LogP contribution in [0.15, 0.2) is 59.1 Å². The van der Waals surface area contributed by atoms with E-state index in [2.05, 4.69) is 15.5 Å². The fraction of sp³-hybridized carbons (Fsp3) is 0.0909. The second-order valence-electron chi connectivity index (χ2n) is 6.33. The van der Waals surface area contributed by atoms with Crippen LogP contribution in [-0.4, -0.2) is 31.3 Å². The molecule has 0 saturated carbocycles. The van der Waals surface area contributed by atoms with Crippen LogP contribution in [0, 0.1) is 0 Å². The van der Waals surface area contributed by atoms with Crippen LogP contribution in [0.2, 0.25) is 5.02 Å². The quantitative estimate of drug-likeness (QED) is 0.315. The van der Waals surface area contributed by atoms with Crippen molar-refractivity contribution < 1.29 is 14.3 Å². The van der Waals surface area contributed by atoms with Crippen LogP contribution < -0.4 is 14.9 Å². The first-order chi connectivity index (χ1) is 14.6. The predicted octanol–water partition coefficient (Wildman–Crippen LogP) is 5.33. The summed E-state index contributed by atoms with van der Waals surface area (Å²) in [4.78, 5) is 17.1. The minimum atomic E-state index is -0.392. The SMILES string of the molecule is COc1cc(OC)c2c(-c3ccc(Cl)cc3)c[nH]c2c1C(=O)N/N=C/c1cccs1. The standard InChI is InChI=1S/C22H18ClN3O3S/c1-28-17-10-18(29-2)20(22(27)26-25-11-15-4-3-9-30-15)21-19(17)16(12-24-21)13-5-7-14(23)8-6-13/h3-12,24H,1-2H3,(H,26,27)/b25-11+. The molecule has 0 unspecified atom stereocenters. The van der Waals surface area contributed by atoms with Crippen molar-refractivity contribution in [1.29, 1.82) is 0 Å². The second kappa shape index (κ2) is 8.61. The second-order valence-corrected chi connectivity index (χ2v) is 7.75. The van der Waals surface area contributed by atoms with Crippen molar-refractivity contribution in [2.75, 3.05) is 14.2 Å². The third-order valence-corrected chi connectivity index (χ3v) is 5.67. The van der Waals surface area contributed by atoms with Gasteiger partial charge < -0.3 is 14.5 Å². The number of methoxy groups -OCH3 is 2. The van der Waals surface area contributed by atoms with Crippen LogP contribution in [0.4, 0.5) is 0 Å². The molecule has 152 valence electrons. The molecule has 30 heavy (non-hydrogen) atoms. The number of aromatic amines is 1. The first kappa shape index (κ1) is 20.0. The molecule has 0 aliphatic carbocycles. The molecule has 0 spiro atoms. The fourth-order valence-corrected chi connectivity index (χ4v) is 3.95. The van der Waals surface area contributed by atoms with E-state index in [1.807, 2.05) is 48.0 Å². The number of aromatic nitrogens is 1. The number of carbonyl (C=O) groups excluding carboxylic acids is 1. The minimum absolute atomic E-state index is 0.344. The van der Waals surface area contributed by atoms with E-state index >= 15 is 0 Å². The number of H-pyrrole nitrogens is 1. The third-order valence-electron chi connectivity index (χ3n) is 4.61. The van der Waals surface area contributed by atoms with Gasteiger partial charge in [-0.15, -0.1) is 11.3 Å². The molecule has 0 aliphatic heterocycles. The smallest absolute Gasteiger partial charge is 0.277 e. The van der Waals surface area contributed by atoms with Gasteiger partial charge in [0.2, 0.25) is 0 Å². The fourth-order valence-electron chi connectivity index (χ4n) is 3.24. The Hall–Kier alpha value is -3.29. The Bertz CT molecular complexity index is 1210. The molecule has 2 heterocycles. The Morgan fingerprint density at radius 3 is 2.60 bits per heavy atom. The lowest BCUT2D eigenvalue weighted by Crippen LogP contribution is -2.19. The molecule has 0 saturated heterocycles. The number of thiophene rings is 1. The predicted molar refractivity (Wildman–Crippen MR) is 121 cm³/mol. The highest BCUT2D eigenvalue weighted by Gasteiger charge is 2.23. The Morgan fingerprint density at radius 2 is 1.93 bits per heavy atom. The van der Waals surface area contributed by atoms with Crippen LogP contribution >= 0.6 is 22.9 Å². The summed E-state index contributed by atoms with van der Waals surface area (Å²) in [6.45, 7) is 0. The number of nitrogens with one attached hydrogen (secondary N) is 2. The Kier molecular flexibility index (Phi) is 5.74. The average Bonchev–Trinajstić information content (AvgIpc) is 3.43. The Balaban J connectivity index is 1.80. The van der Waals surface area contributed by atoms with Crippen molar-refractivity contribution in [1.82, 2.24) is 10.4 Å². The molecule has 0 aliphatic rings. The first-order valence-corrected chi connectivity index (χ1v) is 10.3. The van der Waals surface area contributed by atoms with Gasteiger partial charge in [0.15, 0.2) is 0 Å². The molecule has 4 aromatic rings. The first-order valence-electron chi connectivity index (χ1n) is 9.01. The summed E-state index contributed by atoms with van der Waals surface area (Å²) in [5, 5.41) is 7.42. The zero-order valence-electron chi connectivity index (χ0n) is 16.2. The summed E-state index contributed by atoms with van der Waals surface area (Å²) >= 11 is 7.56. The maximum Gasteiger partial charge on any atom is 0.277 e. The van der Waals surface area contributed by atoms with E-state index in [4.69, 9.17) is 21.1 Å². The molecule has 1 amide bonds. The van der Waals surface area contributed by atoms with Crippen molar-refractivity contribution in [2.45, 2.75) is 0 Å². The van der Waals surface area contributed by atoms with E-state index < -0.39 is 5.91 Å². The third kappa shape index (κ3) is 3.77. The number of amides is 1. The number of fused-ring (bicyclic) bond motifs is 1. The Morgan fingerprint density at radius 1 is 1.17 bits per heavy atom. The zero-order chi connectivity index (χ0) is 21.1. The molecule has 2 N–H and O–H groups in total. The van der Waals surface area contributed by atoms with Gasteiger partial charge in [-0.3, -0.25) is 4.79 Å². The van der Waals surface area contributed by atoms with Crippen LogP contribution in [0.1, 0.15) is 15.2 Å². The molecule has 0 radical (unpaired) electrons. The summed E-state index contributed by atoms with van der Waals surface area (Å²) in [5.74, 6) is 0.580. The zero-order valence-corrected chi connectivity index (χ0v) is 17.8. The van der Waals surface area contributed by atoms with E-state index in [9.17, 15) is 4.79 Å². The van der Waals surface area contributed by atoms with Gasteiger partial charge in [0.25, 0.3) is 5.91 Å². The van der Waals surface area contributed by atoms with Gasteiger partial charge in [-0.05, 0) is 29.1 Å². The van der Waals surface area contributed by atoms with E-state index in [-0.39, 0.29) is 0 Å². The highest BCUT2D eigenvalue weighted by Crippen LogP contribution is 2.41. The average molecular weight is 440 g/mol. The highest BCUT2D eigenvalue weighted by molar-refractivity contribution is 7.11. The summed E-state index contributed by atoms with van der Waals surface area (Å²) < 4.78 is 11.1. The number of hydrogen-bond donors (Lipinski definition) is 2. The van der Waals surface area contributed by atoms with Gasteiger partial charge in [-0.25, -0.2) is 5.43 Å². The number of nitrogens with zero attached hydrogens (tertiary/aromatic N) is 1. The lowest BCUT2D eigenvalue weighted by atomic mass is 10.0. The van der Waals surface area contributed by atoms with Crippen LogP contribution in [0.5, 0.6) is 11.5 Å². The van der Waals surface area contributed by atoms with Crippen molar-refractivity contribution in [3.8, 4) is 22.6 Å². The molecule has 6 nitrogen and oxygen atoms in total. The number of hydrogen-bond acceptors (Lipinski definition) is 5. The van der Waals surface area contributed by atoms with E-state index in [0.29, 0.717) is 27.6 Å². The number of carbonyl (C=O) groups is 1. The van der Waals surface area contributed by atoms with Gasteiger partial charge in [-0.1, -0.05) is 29.8 Å². The minimum Gasteiger partial charge on any atom is -0.496 e. The summed E-state index contributed by atoms with van der Waals surface area (Å²) in [7, 11) is 3.09. The number of ether oxygens (including phenoxy) is 2. The molecule has 4 rings (SSSR count). The van der Waals surface area contributed by atoms with Crippen molar-refractivity contribution >= 4 is 46.0 Å². The van der Waals surface area contributed by atoms with Gasteiger partial charge >= 0.3 is 0 Å². The van der Waals surface area contributed by atoms with Crippen LogP contribution in [0.25, 0.3) is 22.0 Å². The van der Waals surface area contributed by atoms with Gasteiger partial charge in [0.05, 0.1) is 31.3 Å². The summed E-state index contributed by atoms with van der Waals surface area (Å²) in [5.41, 5.74) is 5.35. The molecular weight excluding hydrogens is 422 g/mol. The van der Waals surface area contributed by atoms with E-state index in [1.54, 1.807) is 19.4 Å². The van der Waals surface area contributed by atoms with Crippen LogP contribution in [-0.2, 0) is 0 Å². The molecule has 0 fully saturated rings. The largest absolute Gasteiger partial charge is 0.496 e. The Labute approximate surface area is 182 Å². The van der Waals surface area contributed by atoms with Gasteiger partial charge in [0, 0.05) is 27.7 Å². The topological polar surface area (TPSA) is 75.7 Å². The van der Waals surface area contributed by atoms with Crippen molar-refractivity contribution in [3.05, 3.63) is 69.5 Å². The van der Waals surface area contributed by atoms with E-state index in [0.717, 1.165) is 21.4 Å². The molecule has 0 atom stereocenters. The van der Waals surface area contributed by atoms with Crippen LogP contribution in [0.3, 0.4) is 0 Å². The number of halogens is 1. The normalized spacial score (nSPS) is 11.2. The van der Waals surface area contributed by atoms with E-state index in [1.165, 1.54) is 18.4 Å². The lowest BCUT2D eigenvalue weighted by Gasteiger charge is -2.13. The molecular formula is C22H18ClN3O3S. The number of rotatable bonds is 6. The summed E-state index contributed by atoms with van der Waals surface area (Å²) in [6, 6.07) is 13.0. The molecule has 0 bridgehead atoms. The highest BCUT2D eigenvalue weighted by atomic mass is 35.5. The molecule has 2 aromatic carbocycles. The lowest BCUT2D eigenvalue weighted by molar-refractivity contribution is 0.0953. The number of hydrazone groups is 1. The monoisotopic (exact) mass is 439 g/mol. The summed E-state index contributed by atoms with van der Waals surface area (Å²) in [6.07, 6.45) is 3.44. The maximum absolute atomic E-state index is 13.0. The van der Waals surface area contributed by atoms with Crippen molar-refractivity contribution in [3.63, 3.8) is 0 Å². The molecule has 2 aromatic heterocycles. The van der Waals surface area contributed by atoms with Gasteiger partial charge in [0.1, 0.15) is 17.1 Å². The van der Waals surface area contributed by atoms with Gasteiger partial charge in [-0.2, -0.15) is 5.10 Å². The number of benzene rings is 2. The maximum atomic E-state index is 13.0. The molecule has 8 heteroatoms.